The molecule has 0 aliphatic rings. The number of rotatable bonds is 3. The van der Waals surface area contributed by atoms with Gasteiger partial charge in [0.15, 0.2) is 0 Å². The van der Waals surface area contributed by atoms with Crippen LogP contribution in [0, 0.1) is 5.82 Å². The van der Waals surface area contributed by atoms with Gasteiger partial charge in [0.05, 0.1) is 5.60 Å². The van der Waals surface area contributed by atoms with E-state index in [0.29, 0.717) is 6.92 Å². The second kappa shape index (κ2) is 5.11. The van der Waals surface area contributed by atoms with Crippen LogP contribution in [-0.2, 0) is 5.60 Å². The first-order valence-corrected chi connectivity index (χ1v) is 5.52. The Balaban J connectivity index is 3.30. The van der Waals surface area contributed by atoms with Gasteiger partial charge in [-0.2, -0.15) is 26.3 Å². The lowest BCUT2D eigenvalue weighted by atomic mass is 9.83. The Hall–Kier alpha value is -1.38. The highest BCUT2D eigenvalue weighted by molar-refractivity contribution is 5.24. The van der Waals surface area contributed by atoms with Gasteiger partial charge in [-0.3, -0.25) is 0 Å². The van der Waals surface area contributed by atoms with Crippen molar-refractivity contribution in [1.29, 1.82) is 0 Å². The van der Waals surface area contributed by atoms with E-state index in [1.54, 1.807) is 0 Å². The van der Waals surface area contributed by atoms with Crippen molar-refractivity contribution < 1.29 is 40.2 Å². The van der Waals surface area contributed by atoms with Crippen LogP contribution in [-0.4, -0.2) is 23.1 Å². The number of benzene rings is 1. The standard InChI is InChI=1S/C12H10F8O/c1-9(21,7-4-2-3-5-8(7)13)6-10(14,11(15,16)17)12(18,19)20/h2-5,21H,6H2,1H3. The van der Waals surface area contributed by atoms with Crippen LogP contribution in [0.1, 0.15) is 18.9 Å². The van der Waals surface area contributed by atoms with E-state index < -0.39 is 41.4 Å². The van der Waals surface area contributed by atoms with Gasteiger partial charge < -0.3 is 5.11 Å². The third-order valence-electron chi connectivity index (χ3n) is 2.94. The molecule has 1 nitrogen and oxygen atoms in total. The SMILES string of the molecule is CC(O)(CC(F)(C(F)(F)F)C(F)(F)F)c1ccccc1F. The molecular formula is C12H10F8O. The largest absolute Gasteiger partial charge is 0.431 e. The lowest BCUT2D eigenvalue weighted by molar-refractivity contribution is -0.352. The molecule has 0 heterocycles. The molecule has 1 atom stereocenters. The van der Waals surface area contributed by atoms with Crippen molar-refractivity contribution in [3.8, 4) is 0 Å². The van der Waals surface area contributed by atoms with Gasteiger partial charge in [0.2, 0.25) is 0 Å². The van der Waals surface area contributed by atoms with Crippen LogP contribution >= 0.6 is 0 Å². The van der Waals surface area contributed by atoms with E-state index in [9.17, 15) is 40.2 Å². The molecule has 0 bridgehead atoms. The summed E-state index contributed by atoms with van der Waals surface area (Å²) in [7, 11) is 0. The summed E-state index contributed by atoms with van der Waals surface area (Å²) < 4.78 is 102. The van der Waals surface area contributed by atoms with E-state index in [1.165, 1.54) is 0 Å². The van der Waals surface area contributed by atoms with Crippen molar-refractivity contribution in [3.63, 3.8) is 0 Å². The van der Waals surface area contributed by atoms with Gasteiger partial charge in [-0.1, -0.05) is 18.2 Å². The van der Waals surface area contributed by atoms with Crippen LogP contribution in [0.5, 0.6) is 0 Å². The average molecular weight is 322 g/mol. The summed E-state index contributed by atoms with van der Waals surface area (Å²) in [6.07, 6.45) is -15.0. The highest BCUT2D eigenvalue weighted by Crippen LogP contribution is 2.51. The Morgan fingerprint density at radius 2 is 1.33 bits per heavy atom. The van der Waals surface area contributed by atoms with Crippen molar-refractivity contribution in [3.05, 3.63) is 35.6 Å². The molecule has 0 aliphatic carbocycles. The van der Waals surface area contributed by atoms with Crippen LogP contribution in [0.3, 0.4) is 0 Å². The molecule has 120 valence electrons. The summed E-state index contributed by atoms with van der Waals surface area (Å²) in [5.41, 5.74) is -9.53. The number of halogens is 8. The first-order valence-electron chi connectivity index (χ1n) is 5.52. The maximum absolute atomic E-state index is 13.6. The molecule has 1 N–H and O–H groups in total. The third-order valence-corrected chi connectivity index (χ3v) is 2.94. The van der Waals surface area contributed by atoms with Crippen LogP contribution in [0.4, 0.5) is 35.1 Å². The molecule has 1 rings (SSSR count). The van der Waals surface area contributed by atoms with Gasteiger partial charge in [0.1, 0.15) is 5.82 Å². The maximum Gasteiger partial charge on any atom is 0.431 e. The van der Waals surface area contributed by atoms with E-state index in [2.05, 4.69) is 0 Å². The van der Waals surface area contributed by atoms with Gasteiger partial charge in [-0.25, -0.2) is 8.78 Å². The van der Waals surface area contributed by atoms with Crippen LogP contribution in [0.25, 0.3) is 0 Å². The summed E-state index contributed by atoms with van der Waals surface area (Å²) in [4.78, 5) is 0. The smallest absolute Gasteiger partial charge is 0.385 e. The molecule has 0 amide bonds. The molecule has 21 heavy (non-hydrogen) atoms. The molecule has 0 saturated carbocycles. The Morgan fingerprint density at radius 3 is 1.71 bits per heavy atom. The fraction of sp³-hybridized carbons (Fsp3) is 0.500. The Bertz CT molecular complexity index is 489. The quantitative estimate of drug-likeness (QED) is 0.825. The minimum Gasteiger partial charge on any atom is -0.385 e. The average Bonchev–Trinajstić information content (AvgIpc) is 2.25. The minimum absolute atomic E-state index is 0.483. The van der Waals surface area contributed by atoms with E-state index in [4.69, 9.17) is 0 Å². The lowest BCUT2D eigenvalue weighted by Crippen LogP contribution is -2.56. The summed E-state index contributed by atoms with van der Waals surface area (Å²) in [5, 5.41) is 9.75. The monoisotopic (exact) mass is 322 g/mol. The minimum atomic E-state index is -6.31. The predicted octanol–water partition coefficient (Wildman–Crippen LogP) is 4.26. The van der Waals surface area contributed by atoms with Crippen molar-refractivity contribution in [2.75, 3.05) is 0 Å². The fourth-order valence-corrected chi connectivity index (χ4v) is 1.83. The molecule has 0 fully saturated rings. The lowest BCUT2D eigenvalue weighted by Gasteiger charge is -2.36. The van der Waals surface area contributed by atoms with Gasteiger partial charge in [0.25, 0.3) is 0 Å². The molecule has 0 aromatic heterocycles. The number of aliphatic hydroxyl groups is 1. The summed E-state index contributed by atoms with van der Waals surface area (Å²) in [5.74, 6) is -1.24. The van der Waals surface area contributed by atoms with E-state index in [1.807, 2.05) is 0 Å². The zero-order valence-electron chi connectivity index (χ0n) is 10.5. The van der Waals surface area contributed by atoms with Crippen molar-refractivity contribution >= 4 is 0 Å². The molecule has 9 heteroatoms. The first kappa shape index (κ1) is 17.7. The van der Waals surface area contributed by atoms with Crippen molar-refractivity contribution in [1.82, 2.24) is 0 Å². The van der Waals surface area contributed by atoms with Gasteiger partial charge in [-0.15, -0.1) is 0 Å². The molecule has 0 saturated heterocycles. The molecule has 0 radical (unpaired) electrons. The van der Waals surface area contributed by atoms with Gasteiger partial charge >= 0.3 is 18.0 Å². The van der Waals surface area contributed by atoms with Crippen LogP contribution in [0.15, 0.2) is 24.3 Å². The van der Waals surface area contributed by atoms with Crippen LogP contribution < -0.4 is 0 Å². The molecule has 0 spiro atoms. The highest BCUT2D eigenvalue weighted by Gasteiger charge is 2.73. The summed E-state index contributed by atoms with van der Waals surface area (Å²) in [6, 6.07) is 3.71. The Labute approximate surface area is 114 Å². The Kier molecular flexibility index (Phi) is 4.30. The topological polar surface area (TPSA) is 20.2 Å². The number of alkyl halides is 7. The molecule has 1 aromatic carbocycles. The van der Waals surface area contributed by atoms with E-state index in [-0.39, 0.29) is 0 Å². The molecule has 1 unspecified atom stereocenters. The highest BCUT2D eigenvalue weighted by atomic mass is 19.4. The van der Waals surface area contributed by atoms with Crippen molar-refractivity contribution in [2.24, 2.45) is 0 Å². The van der Waals surface area contributed by atoms with E-state index in [0.717, 1.165) is 24.3 Å². The third kappa shape index (κ3) is 3.28. The molecule has 1 aromatic rings. The normalized spacial score (nSPS) is 16.7. The first-order chi connectivity index (χ1) is 9.22. The number of hydrogen-bond acceptors (Lipinski definition) is 1. The van der Waals surface area contributed by atoms with Crippen molar-refractivity contribution in [2.45, 2.75) is 37.0 Å². The van der Waals surface area contributed by atoms with Crippen LogP contribution in [0.2, 0.25) is 0 Å². The second-order valence-electron chi connectivity index (χ2n) is 4.73. The number of hydrogen-bond donors (Lipinski definition) is 1. The van der Waals surface area contributed by atoms with Gasteiger partial charge in [-0.05, 0) is 13.0 Å². The maximum atomic E-state index is 13.6. The second-order valence-corrected chi connectivity index (χ2v) is 4.73. The fourth-order valence-electron chi connectivity index (χ4n) is 1.83. The zero-order chi connectivity index (χ0) is 16.7. The van der Waals surface area contributed by atoms with E-state index >= 15 is 0 Å². The zero-order valence-corrected chi connectivity index (χ0v) is 10.5. The molecular weight excluding hydrogens is 312 g/mol. The summed E-state index contributed by atoms with van der Waals surface area (Å²) >= 11 is 0. The summed E-state index contributed by atoms with van der Waals surface area (Å²) in [6.45, 7) is 0.483. The van der Waals surface area contributed by atoms with Gasteiger partial charge in [0, 0.05) is 12.0 Å². The predicted molar refractivity (Wildman–Crippen MR) is 56.5 cm³/mol. The Morgan fingerprint density at radius 1 is 0.905 bits per heavy atom. The molecule has 0 aliphatic heterocycles.